The molecule has 1 fully saturated rings. The third-order valence-corrected chi connectivity index (χ3v) is 2.65. The quantitative estimate of drug-likeness (QED) is 0.649. The molecule has 0 spiro atoms. The molecule has 1 amide bonds. The molecule has 0 aromatic heterocycles. The van der Waals surface area contributed by atoms with Crippen molar-refractivity contribution in [3.05, 3.63) is 0 Å². The van der Waals surface area contributed by atoms with E-state index in [-0.39, 0.29) is 17.7 Å². The Hall–Kier alpha value is -0.610. The number of β-amino-alcohol motifs (C(OH)–C–C–N with tert-alkyl or cyclic N) is 1. The SMILES string of the molecule is CC(C)C(=O)N1CC(O)CC(CN)C1. The topological polar surface area (TPSA) is 66.6 Å². The first-order valence-corrected chi connectivity index (χ1v) is 5.21. The molecule has 2 atom stereocenters. The van der Waals surface area contributed by atoms with Gasteiger partial charge < -0.3 is 15.7 Å². The molecule has 0 aliphatic carbocycles. The predicted molar refractivity (Wildman–Crippen MR) is 54.6 cm³/mol. The molecule has 0 bridgehead atoms. The first kappa shape index (κ1) is 11.5. The Morgan fingerprint density at radius 1 is 1.57 bits per heavy atom. The minimum absolute atomic E-state index is 0.00118. The summed E-state index contributed by atoms with van der Waals surface area (Å²) in [6.07, 6.45) is 0.318. The summed E-state index contributed by atoms with van der Waals surface area (Å²) >= 11 is 0. The molecule has 82 valence electrons. The molecule has 4 heteroatoms. The number of aliphatic hydroxyl groups excluding tert-OH is 1. The number of hydrogen-bond acceptors (Lipinski definition) is 3. The summed E-state index contributed by atoms with van der Waals surface area (Å²) in [7, 11) is 0. The average molecular weight is 200 g/mol. The molecule has 14 heavy (non-hydrogen) atoms. The van der Waals surface area contributed by atoms with E-state index in [1.54, 1.807) is 4.90 Å². The van der Waals surface area contributed by atoms with Gasteiger partial charge in [0, 0.05) is 19.0 Å². The van der Waals surface area contributed by atoms with E-state index in [1.165, 1.54) is 0 Å². The van der Waals surface area contributed by atoms with Gasteiger partial charge in [0.15, 0.2) is 0 Å². The lowest BCUT2D eigenvalue weighted by atomic mass is 9.95. The summed E-state index contributed by atoms with van der Waals surface area (Å²) in [6.45, 7) is 5.46. The van der Waals surface area contributed by atoms with Gasteiger partial charge in [0.05, 0.1) is 6.10 Å². The van der Waals surface area contributed by atoms with E-state index in [4.69, 9.17) is 5.73 Å². The van der Waals surface area contributed by atoms with Gasteiger partial charge >= 0.3 is 0 Å². The number of carbonyl (C=O) groups is 1. The Morgan fingerprint density at radius 2 is 2.21 bits per heavy atom. The minimum atomic E-state index is -0.403. The monoisotopic (exact) mass is 200 g/mol. The van der Waals surface area contributed by atoms with Crippen LogP contribution in [0.5, 0.6) is 0 Å². The molecule has 3 N–H and O–H groups in total. The Morgan fingerprint density at radius 3 is 2.71 bits per heavy atom. The van der Waals surface area contributed by atoms with E-state index in [1.807, 2.05) is 13.8 Å². The van der Waals surface area contributed by atoms with Crippen LogP contribution in [0.2, 0.25) is 0 Å². The molecule has 0 aromatic carbocycles. The van der Waals surface area contributed by atoms with Crippen LogP contribution in [0, 0.1) is 11.8 Å². The summed E-state index contributed by atoms with van der Waals surface area (Å²) in [5.74, 6) is 0.363. The number of amides is 1. The van der Waals surface area contributed by atoms with Crippen molar-refractivity contribution < 1.29 is 9.90 Å². The molecule has 2 unspecified atom stereocenters. The smallest absolute Gasteiger partial charge is 0.225 e. The Labute approximate surface area is 85.1 Å². The zero-order valence-electron chi connectivity index (χ0n) is 8.94. The summed E-state index contributed by atoms with van der Waals surface area (Å²) in [5, 5.41) is 9.56. The van der Waals surface area contributed by atoms with E-state index in [9.17, 15) is 9.90 Å². The number of piperidine rings is 1. The standard InChI is InChI=1S/C10H20N2O2/c1-7(2)10(14)12-5-8(4-11)3-9(13)6-12/h7-9,13H,3-6,11H2,1-2H3. The first-order chi connectivity index (χ1) is 6.54. The van der Waals surface area contributed by atoms with E-state index in [2.05, 4.69) is 0 Å². The molecule has 0 saturated carbocycles. The van der Waals surface area contributed by atoms with Crippen LogP contribution in [0.3, 0.4) is 0 Å². The third kappa shape index (κ3) is 2.69. The van der Waals surface area contributed by atoms with Crippen molar-refractivity contribution in [2.45, 2.75) is 26.4 Å². The lowest BCUT2D eigenvalue weighted by Gasteiger charge is -2.36. The highest BCUT2D eigenvalue weighted by atomic mass is 16.3. The van der Waals surface area contributed by atoms with Gasteiger partial charge in [-0.25, -0.2) is 0 Å². The Balaban J connectivity index is 2.57. The van der Waals surface area contributed by atoms with Gasteiger partial charge in [0.25, 0.3) is 0 Å². The fourth-order valence-electron chi connectivity index (χ4n) is 1.89. The Kier molecular flexibility index (Phi) is 3.89. The zero-order chi connectivity index (χ0) is 10.7. The second-order valence-electron chi connectivity index (χ2n) is 4.39. The van der Waals surface area contributed by atoms with E-state index in [0.717, 1.165) is 6.42 Å². The maximum absolute atomic E-state index is 11.7. The fraction of sp³-hybridized carbons (Fsp3) is 0.900. The molecule has 1 aliphatic rings. The van der Waals surface area contributed by atoms with Crippen molar-refractivity contribution >= 4 is 5.91 Å². The van der Waals surface area contributed by atoms with Gasteiger partial charge in [0.2, 0.25) is 5.91 Å². The number of nitrogens with zero attached hydrogens (tertiary/aromatic N) is 1. The normalized spacial score (nSPS) is 28.2. The van der Waals surface area contributed by atoms with Crippen LogP contribution in [-0.4, -0.2) is 41.7 Å². The number of aliphatic hydroxyl groups is 1. The van der Waals surface area contributed by atoms with Crippen LogP contribution in [0.4, 0.5) is 0 Å². The highest BCUT2D eigenvalue weighted by Gasteiger charge is 2.28. The van der Waals surface area contributed by atoms with Crippen LogP contribution in [0.1, 0.15) is 20.3 Å². The zero-order valence-corrected chi connectivity index (χ0v) is 8.94. The first-order valence-electron chi connectivity index (χ1n) is 5.21. The summed E-state index contributed by atoms with van der Waals surface area (Å²) in [4.78, 5) is 13.4. The predicted octanol–water partition coefficient (Wildman–Crippen LogP) is -0.189. The van der Waals surface area contributed by atoms with Crippen LogP contribution >= 0.6 is 0 Å². The molecule has 0 aromatic rings. The molecule has 0 radical (unpaired) electrons. The fourth-order valence-corrected chi connectivity index (χ4v) is 1.89. The molecule has 1 saturated heterocycles. The van der Waals surface area contributed by atoms with Crippen LogP contribution in [-0.2, 0) is 4.79 Å². The van der Waals surface area contributed by atoms with Gasteiger partial charge in [-0.15, -0.1) is 0 Å². The molecular formula is C10H20N2O2. The second-order valence-corrected chi connectivity index (χ2v) is 4.39. The maximum Gasteiger partial charge on any atom is 0.225 e. The van der Waals surface area contributed by atoms with Crippen molar-refractivity contribution in [2.24, 2.45) is 17.6 Å². The summed E-state index contributed by atoms with van der Waals surface area (Å²) in [5.41, 5.74) is 5.55. The van der Waals surface area contributed by atoms with Crippen LogP contribution < -0.4 is 5.73 Å². The maximum atomic E-state index is 11.7. The minimum Gasteiger partial charge on any atom is -0.391 e. The van der Waals surface area contributed by atoms with Gasteiger partial charge in [-0.05, 0) is 18.9 Å². The summed E-state index contributed by atoms with van der Waals surface area (Å²) < 4.78 is 0. The van der Waals surface area contributed by atoms with Crippen LogP contribution in [0.15, 0.2) is 0 Å². The largest absolute Gasteiger partial charge is 0.391 e. The highest BCUT2D eigenvalue weighted by molar-refractivity contribution is 5.78. The molecule has 1 rings (SSSR count). The number of likely N-dealkylation sites (tertiary alicyclic amines) is 1. The van der Waals surface area contributed by atoms with Gasteiger partial charge in [-0.1, -0.05) is 13.8 Å². The lowest BCUT2D eigenvalue weighted by molar-refractivity contribution is -0.138. The van der Waals surface area contributed by atoms with Crippen molar-refractivity contribution in [3.8, 4) is 0 Å². The molecular weight excluding hydrogens is 180 g/mol. The molecule has 4 nitrogen and oxygen atoms in total. The highest BCUT2D eigenvalue weighted by Crippen LogP contribution is 2.17. The summed E-state index contributed by atoms with van der Waals surface area (Å²) in [6, 6.07) is 0. The van der Waals surface area contributed by atoms with E-state index in [0.29, 0.717) is 19.6 Å². The third-order valence-electron chi connectivity index (χ3n) is 2.65. The van der Waals surface area contributed by atoms with Crippen LogP contribution in [0.25, 0.3) is 0 Å². The van der Waals surface area contributed by atoms with Gasteiger partial charge in [-0.2, -0.15) is 0 Å². The van der Waals surface area contributed by atoms with Gasteiger partial charge in [-0.3, -0.25) is 4.79 Å². The second kappa shape index (κ2) is 4.75. The van der Waals surface area contributed by atoms with E-state index >= 15 is 0 Å². The van der Waals surface area contributed by atoms with Crippen molar-refractivity contribution in [3.63, 3.8) is 0 Å². The van der Waals surface area contributed by atoms with Crippen molar-refractivity contribution in [1.29, 1.82) is 0 Å². The number of nitrogens with two attached hydrogens (primary N) is 1. The molecule has 1 aliphatic heterocycles. The molecule has 1 heterocycles. The van der Waals surface area contributed by atoms with Crippen molar-refractivity contribution in [2.75, 3.05) is 19.6 Å². The lowest BCUT2D eigenvalue weighted by Crippen LogP contribution is -2.49. The number of carbonyl (C=O) groups excluding carboxylic acids is 1. The van der Waals surface area contributed by atoms with E-state index < -0.39 is 6.10 Å². The number of rotatable bonds is 2. The average Bonchev–Trinajstić information content (AvgIpc) is 2.15. The van der Waals surface area contributed by atoms with Gasteiger partial charge in [0.1, 0.15) is 0 Å². The number of hydrogen-bond donors (Lipinski definition) is 2. The Bertz CT molecular complexity index is 206. The van der Waals surface area contributed by atoms with Crippen molar-refractivity contribution in [1.82, 2.24) is 4.90 Å².